The van der Waals surface area contributed by atoms with Crippen molar-refractivity contribution in [3.05, 3.63) is 28.5 Å². The van der Waals surface area contributed by atoms with Gasteiger partial charge in [0.25, 0.3) is 0 Å². The van der Waals surface area contributed by atoms with Crippen molar-refractivity contribution in [3.8, 4) is 0 Å². The number of aryl methyl sites for hydroxylation is 1. The van der Waals surface area contributed by atoms with Gasteiger partial charge in [0.1, 0.15) is 5.82 Å². The number of hydrogen-bond acceptors (Lipinski definition) is 8. The molecule has 3 N–H and O–H groups in total. The second-order valence-electron chi connectivity index (χ2n) is 10.2. The maximum absolute atomic E-state index is 13.6. The molecule has 5 rings (SSSR count). The van der Waals surface area contributed by atoms with Gasteiger partial charge in [-0.1, -0.05) is 0 Å². The van der Waals surface area contributed by atoms with Crippen LogP contribution in [0.3, 0.4) is 0 Å². The second kappa shape index (κ2) is 9.36. The minimum atomic E-state index is -0.523. The molecule has 0 bridgehead atoms. The first-order valence-corrected chi connectivity index (χ1v) is 13.0. The molecule has 2 aliphatic rings. The van der Waals surface area contributed by atoms with Crippen LogP contribution in [0.2, 0.25) is 0 Å². The highest BCUT2D eigenvalue weighted by molar-refractivity contribution is 7.17. The summed E-state index contributed by atoms with van der Waals surface area (Å²) in [4.78, 5) is 26.8. The first kappa shape index (κ1) is 24.0. The molecule has 1 saturated heterocycles. The van der Waals surface area contributed by atoms with Gasteiger partial charge < -0.3 is 25.2 Å². The van der Waals surface area contributed by atoms with Crippen molar-refractivity contribution in [2.24, 2.45) is 5.92 Å². The van der Waals surface area contributed by atoms with Gasteiger partial charge >= 0.3 is 6.03 Å². The van der Waals surface area contributed by atoms with Crippen LogP contribution in [0.15, 0.2) is 11.4 Å². The number of ether oxygens (including phenoxy) is 1. The van der Waals surface area contributed by atoms with Gasteiger partial charge in [-0.3, -0.25) is 5.10 Å². The van der Waals surface area contributed by atoms with Crippen LogP contribution in [0.25, 0.3) is 10.2 Å². The molecule has 11 heteroatoms. The van der Waals surface area contributed by atoms with Crippen molar-refractivity contribution in [1.82, 2.24) is 35.3 Å². The summed E-state index contributed by atoms with van der Waals surface area (Å²) in [5, 5.41) is 16.5. The smallest absolute Gasteiger partial charge is 0.318 e. The van der Waals surface area contributed by atoms with Crippen LogP contribution >= 0.6 is 11.3 Å². The molecule has 1 atom stereocenters. The van der Waals surface area contributed by atoms with Gasteiger partial charge in [0.15, 0.2) is 11.6 Å². The first-order valence-electron chi connectivity index (χ1n) is 12.1. The van der Waals surface area contributed by atoms with Crippen molar-refractivity contribution in [2.45, 2.75) is 51.7 Å². The molecular formula is C24H34N8O2S. The van der Waals surface area contributed by atoms with Crippen LogP contribution in [-0.4, -0.2) is 75.9 Å². The predicted molar refractivity (Wildman–Crippen MR) is 137 cm³/mol. The molecule has 0 aromatic carbocycles. The number of nitrogens with one attached hydrogen (secondary N) is 3. The molecule has 188 valence electrons. The summed E-state index contributed by atoms with van der Waals surface area (Å²) in [6.07, 6.45) is 1.93. The molecule has 1 unspecified atom stereocenters. The molecule has 0 radical (unpaired) electrons. The normalized spacial score (nSPS) is 18.7. The fraction of sp³-hybridized carbons (Fsp3) is 0.583. The number of fused-ring (bicyclic) bond motifs is 2. The monoisotopic (exact) mass is 498 g/mol. The molecule has 35 heavy (non-hydrogen) atoms. The molecule has 1 fully saturated rings. The SMILES string of the molecule is Cc1nc(Nc2n[nH]c3c2CN(C(=O)NC(CN(C)C)C2CCOCC2)C3(C)C)c2sccc2n1. The fourth-order valence-corrected chi connectivity index (χ4v) is 5.96. The molecule has 2 aliphatic heterocycles. The lowest BCUT2D eigenvalue weighted by atomic mass is 9.91. The van der Waals surface area contributed by atoms with Crippen molar-refractivity contribution in [3.63, 3.8) is 0 Å². The zero-order valence-corrected chi connectivity index (χ0v) is 21.8. The minimum absolute atomic E-state index is 0.0533. The lowest BCUT2D eigenvalue weighted by Crippen LogP contribution is -2.54. The number of likely N-dealkylation sites (N-methyl/N-ethyl adjacent to an activating group) is 1. The fourth-order valence-electron chi connectivity index (χ4n) is 5.18. The second-order valence-corrected chi connectivity index (χ2v) is 11.1. The lowest BCUT2D eigenvalue weighted by Gasteiger charge is -2.37. The van der Waals surface area contributed by atoms with Gasteiger partial charge in [0.05, 0.1) is 28.0 Å². The third-order valence-corrected chi connectivity index (χ3v) is 7.98. The van der Waals surface area contributed by atoms with Crippen LogP contribution < -0.4 is 10.6 Å². The van der Waals surface area contributed by atoms with E-state index in [4.69, 9.17) is 4.74 Å². The Kier molecular flexibility index (Phi) is 6.41. The zero-order chi connectivity index (χ0) is 24.7. The van der Waals surface area contributed by atoms with E-state index in [9.17, 15) is 4.79 Å². The quantitative estimate of drug-likeness (QED) is 0.476. The Morgan fingerprint density at radius 1 is 1.31 bits per heavy atom. The summed E-state index contributed by atoms with van der Waals surface area (Å²) in [7, 11) is 4.10. The Morgan fingerprint density at radius 2 is 2.09 bits per heavy atom. The van der Waals surface area contributed by atoms with Crippen LogP contribution in [0.1, 0.15) is 43.8 Å². The molecule has 10 nitrogen and oxygen atoms in total. The van der Waals surface area contributed by atoms with E-state index in [0.29, 0.717) is 24.1 Å². The van der Waals surface area contributed by atoms with E-state index in [0.717, 1.165) is 59.9 Å². The molecule has 3 aromatic rings. The van der Waals surface area contributed by atoms with Gasteiger partial charge in [0.2, 0.25) is 0 Å². The van der Waals surface area contributed by atoms with E-state index in [2.05, 4.69) is 49.5 Å². The van der Waals surface area contributed by atoms with Crippen molar-refractivity contribution >= 4 is 39.2 Å². The summed E-state index contributed by atoms with van der Waals surface area (Å²) in [6.45, 7) is 8.77. The van der Waals surface area contributed by atoms with E-state index in [-0.39, 0.29) is 12.1 Å². The van der Waals surface area contributed by atoms with Crippen LogP contribution in [-0.2, 0) is 16.8 Å². The molecule has 0 aliphatic carbocycles. The summed E-state index contributed by atoms with van der Waals surface area (Å²) in [5.41, 5.74) is 2.32. The average molecular weight is 499 g/mol. The van der Waals surface area contributed by atoms with Gasteiger partial charge in [0, 0.05) is 31.4 Å². The number of carbonyl (C=O) groups excluding carboxylic acids is 1. The van der Waals surface area contributed by atoms with Crippen LogP contribution in [0.5, 0.6) is 0 Å². The van der Waals surface area contributed by atoms with Gasteiger partial charge in [-0.05, 0) is 65.1 Å². The Balaban J connectivity index is 1.36. The predicted octanol–water partition coefficient (Wildman–Crippen LogP) is 3.58. The Hall–Kier alpha value is -2.76. The highest BCUT2D eigenvalue weighted by Crippen LogP contribution is 2.41. The lowest BCUT2D eigenvalue weighted by molar-refractivity contribution is 0.0489. The minimum Gasteiger partial charge on any atom is -0.381 e. The standard InChI is InChI=1S/C24H34N8O2S/c1-14-25-17-8-11-35-19(17)22(26-14)28-21-16-12-32(24(2,3)20(16)29-30-21)23(33)27-18(13-31(4)5)15-6-9-34-10-7-15/h8,11,15,18H,6-7,9-10,12-13H2,1-5H3,(H,27,33)(H2,25,26,28,29,30). The Bertz CT molecular complexity index is 1210. The van der Waals surface area contributed by atoms with Crippen LogP contribution in [0.4, 0.5) is 16.4 Å². The average Bonchev–Trinajstić information content (AvgIpc) is 3.50. The van der Waals surface area contributed by atoms with Gasteiger partial charge in [-0.2, -0.15) is 5.10 Å². The summed E-state index contributed by atoms with van der Waals surface area (Å²) >= 11 is 1.60. The zero-order valence-electron chi connectivity index (χ0n) is 21.0. The first-order chi connectivity index (χ1) is 16.7. The number of thiophene rings is 1. The molecule has 3 aromatic heterocycles. The number of hydrogen-bond donors (Lipinski definition) is 3. The Morgan fingerprint density at radius 3 is 2.83 bits per heavy atom. The van der Waals surface area contributed by atoms with Crippen molar-refractivity contribution in [2.75, 3.05) is 39.2 Å². The summed E-state index contributed by atoms with van der Waals surface area (Å²) in [6, 6.07) is 2.01. The summed E-state index contributed by atoms with van der Waals surface area (Å²) in [5.74, 6) is 2.55. The highest BCUT2D eigenvalue weighted by atomic mass is 32.1. The number of amides is 2. The number of aromatic nitrogens is 4. The van der Waals surface area contributed by atoms with Crippen molar-refractivity contribution in [1.29, 1.82) is 0 Å². The van der Waals surface area contributed by atoms with E-state index in [1.165, 1.54) is 0 Å². The number of urea groups is 1. The number of nitrogens with zero attached hydrogens (tertiary/aromatic N) is 5. The molecule has 0 spiro atoms. The number of carbonyl (C=O) groups is 1. The topological polar surface area (TPSA) is 111 Å². The van der Waals surface area contributed by atoms with Crippen LogP contribution in [0, 0.1) is 12.8 Å². The third-order valence-electron chi connectivity index (χ3n) is 7.07. The van der Waals surface area contributed by atoms with E-state index in [1.54, 1.807) is 11.3 Å². The van der Waals surface area contributed by atoms with Gasteiger partial charge in [-0.15, -0.1) is 11.3 Å². The molecule has 2 amide bonds. The maximum Gasteiger partial charge on any atom is 0.318 e. The maximum atomic E-state index is 13.6. The van der Waals surface area contributed by atoms with E-state index < -0.39 is 5.54 Å². The third kappa shape index (κ3) is 4.60. The van der Waals surface area contributed by atoms with Gasteiger partial charge in [-0.25, -0.2) is 14.8 Å². The number of H-pyrrole nitrogens is 1. The number of anilines is 2. The molecule has 0 saturated carbocycles. The number of rotatable bonds is 6. The van der Waals surface area contributed by atoms with E-state index in [1.807, 2.05) is 37.4 Å². The largest absolute Gasteiger partial charge is 0.381 e. The number of aromatic amines is 1. The molecular weight excluding hydrogens is 464 g/mol. The van der Waals surface area contributed by atoms with E-state index >= 15 is 0 Å². The Labute approximate surface area is 209 Å². The highest BCUT2D eigenvalue weighted by Gasteiger charge is 2.44. The summed E-state index contributed by atoms with van der Waals surface area (Å²) < 4.78 is 6.54. The molecule has 5 heterocycles. The van der Waals surface area contributed by atoms with Crippen molar-refractivity contribution < 1.29 is 9.53 Å².